The number of piperazine rings is 1. The highest BCUT2D eigenvalue weighted by molar-refractivity contribution is 6.26. The third-order valence-corrected chi connectivity index (χ3v) is 9.66. The van der Waals surface area contributed by atoms with Gasteiger partial charge < -0.3 is 44.1 Å². The van der Waals surface area contributed by atoms with Gasteiger partial charge in [-0.05, 0) is 13.3 Å². The Morgan fingerprint density at radius 2 is 1.78 bits per heavy atom. The smallest absolute Gasteiger partial charge is 0.194 e. The molecule has 14 nitrogen and oxygen atoms in total. The molecular formula is C32H40N2O12. The van der Waals surface area contributed by atoms with Crippen molar-refractivity contribution in [2.75, 3.05) is 33.9 Å². The number of Topliss-reactive ketones (excluding diaryl/α,β-unsaturated/α-hetero) is 3. The number of ether oxygens (including phenoxy) is 5. The zero-order valence-electron chi connectivity index (χ0n) is 25.9. The number of aliphatic hydroxyl groups is 2. The maximum absolute atomic E-state index is 13.9. The molecule has 0 aromatic heterocycles. The third kappa shape index (κ3) is 5.51. The number of hydrogen-bond donors (Lipinski definition) is 6. The molecule has 0 spiro atoms. The standard InChI is InChI=1S/C32H40N2O12/c1-14-17(46-31-30(43-3)33-9-10-34-31)7-8-21(44-14)45-19-12-32(41,20(36)13-35)11-16-23(19)29(40)25-24(27(16)38)26(37)15-5-4-6-18(42-2)22(15)28(25)39/h4-6,14,17-19,21-22,30-31,33-35,38,40-41H,7-13H2,1-3H3/t14-,17-,18?,19-,21-,22?,30+,31+,32-/m0/s1. The zero-order chi connectivity index (χ0) is 32.9. The first-order chi connectivity index (χ1) is 22.0. The average molecular weight is 645 g/mol. The lowest BCUT2D eigenvalue weighted by Gasteiger charge is -2.43. The molecule has 250 valence electrons. The van der Waals surface area contributed by atoms with Gasteiger partial charge in [0.2, 0.25) is 0 Å². The lowest BCUT2D eigenvalue weighted by Crippen LogP contribution is -2.59. The fourth-order valence-electron chi connectivity index (χ4n) is 7.26. The van der Waals surface area contributed by atoms with Gasteiger partial charge in [-0.1, -0.05) is 18.2 Å². The summed E-state index contributed by atoms with van der Waals surface area (Å²) in [6.45, 7) is 2.26. The van der Waals surface area contributed by atoms with E-state index in [-0.39, 0.29) is 34.6 Å². The first-order valence-electron chi connectivity index (χ1n) is 15.5. The molecule has 1 aromatic rings. The number of phenols is 2. The van der Waals surface area contributed by atoms with Crippen LogP contribution in [0.15, 0.2) is 23.8 Å². The van der Waals surface area contributed by atoms with Gasteiger partial charge in [-0.25, -0.2) is 0 Å². The fourth-order valence-corrected chi connectivity index (χ4v) is 7.26. The number of ketones is 3. The molecule has 2 unspecified atom stereocenters. The first kappa shape index (κ1) is 32.9. The fraction of sp³-hybridized carbons (Fsp3) is 0.594. The van der Waals surface area contributed by atoms with E-state index in [2.05, 4.69) is 10.6 Å². The normalized spacial score (nSPS) is 35.6. The molecular weight excluding hydrogens is 604 g/mol. The Morgan fingerprint density at radius 3 is 2.46 bits per heavy atom. The van der Waals surface area contributed by atoms with Crippen molar-refractivity contribution in [2.45, 2.75) is 81.4 Å². The Morgan fingerprint density at radius 1 is 1.04 bits per heavy atom. The van der Waals surface area contributed by atoms with E-state index in [1.54, 1.807) is 19.3 Å². The van der Waals surface area contributed by atoms with Crippen LogP contribution in [0.3, 0.4) is 0 Å². The number of aliphatic hydroxyl groups excluding tert-OH is 1. The Kier molecular flexibility index (Phi) is 9.19. The van der Waals surface area contributed by atoms with Gasteiger partial charge >= 0.3 is 0 Å². The molecule has 9 atom stereocenters. The second-order valence-corrected chi connectivity index (χ2v) is 12.3. The number of rotatable bonds is 8. The molecule has 46 heavy (non-hydrogen) atoms. The van der Waals surface area contributed by atoms with E-state index in [0.29, 0.717) is 19.4 Å². The molecule has 1 aromatic carbocycles. The zero-order valence-corrected chi connectivity index (χ0v) is 25.9. The Hall–Kier alpha value is -3.05. The molecule has 2 heterocycles. The maximum Gasteiger partial charge on any atom is 0.194 e. The summed E-state index contributed by atoms with van der Waals surface area (Å²) in [5.41, 5.74) is -3.07. The molecule has 6 rings (SSSR count). The molecule has 0 radical (unpaired) electrons. The molecule has 0 saturated carbocycles. The third-order valence-electron chi connectivity index (χ3n) is 9.66. The Labute approximate surface area is 265 Å². The van der Waals surface area contributed by atoms with E-state index in [0.717, 1.165) is 6.54 Å². The van der Waals surface area contributed by atoms with Crippen molar-refractivity contribution in [3.63, 3.8) is 0 Å². The topological polar surface area (TPSA) is 202 Å². The van der Waals surface area contributed by atoms with Crippen molar-refractivity contribution in [2.24, 2.45) is 5.92 Å². The SMILES string of the molecule is COC1C=CC=C2C(=O)c3c(O)c4c(c(O)c3C(=O)C21)[C@@H](O[C@H]1CC[C@H](O[C@H]2NCCN[C@@H]2OC)[C@H](C)O1)C[C@](O)(C(=O)CO)C4. The highest BCUT2D eigenvalue weighted by atomic mass is 16.7. The van der Waals surface area contributed by atoms with Crippen molar-refractivity contribution in [1.82, 2.24) is 10.6 Å². The number of carbonyl (C=O) groups excluding carboxylic acids is 3. The molecule has 5 aliphatic rings. The molecule has 2 aliphatic heterocycles. The highest BCUT2D eigenvalue weighted by Crippen LogP contribution is 2.53. The van der Waals surface area contributed by atoms with Gasteiger partial charge in [-0.2, -0.15) is 0 Å². The number of phenolic OH excluding ortho intramolecular Hbond substituents is 2. The monoisotopic (exact) mass is 644 g/mol. The first-order valence-corrected chi connectivity index (χ1v) is 15.5. The van der Waals surface area contributed by atoms with Crippen molar-refractivity contribution < 1.29 is 58.5 Å². The van der Waals surface area contributed by atoms with Crippen LogP contribution in [0, 0.1) is 5.92 Å². The molecule has 2 fully saturated rings. The van der Waals surface area contributed by atoms with Gasteiger partial charge in [0.1, 0.15) is 36.2 Å². The van der Waals surface area contributed by atoms with Crippen LogP contribution >= 0.6 is 0 Å². The van der Waals surface area contributed by atoms with Crippen LogP contribution in [0.2, 0.25) is 0 Å². The Bertz CT molecular complexity index is 1480. The van der Waals surface area contributed by atoms with Crippen LogP contribution in [0.25, 0.3) is 0 Å². The van der Waals surface area contributed by atoms with E-state index in [9.17, 15) is 34.8 Å². The van der Waals surface area contributed by atoms with E-state index in [1.807, 2.05) is 6.92 Å². The van der Waals surface area contributed by atoms with Crippen molar-refractivity contribution in [3.05, 3.63) is 46.1 Å². The molecule has 2 saturated heterocycles. The Balaban J connectivity index is 1.33. The minimum Gasteiger partial charge on any atom is -0.507 e. The van der Waals surface area contributed by atoms with E-state index in [4.69, 9.17) is 23.7 Å². The molecule has 6 N–H and O–H groups in total. The summed E-state index contributed by atoms with van der Waals surface area (Å²) >= 11 is 0. The van der Waals surface area contributed by atoms with Crippen molar-refractivity contribution in [1.29, 1.82) is 0 Å². The van der Waals surface area contributed by atoms with Crippen molar-refractivity contribution in [3.8, 4) is 11.5 Å². The van der Waals surface area contributed by atoms with E-state index >= 15 is 0 Å². The van der Waals surface area contributed by atoms with E-state index < -0.39 is 96.2 Å². The van der Waals surface area contributed by atoms with Gasteiger partial charge in [-0.3, -0.25) is 25.0 Å². The summed E-state index contributed by atoms with van der Waals surface area (Å²) < 4.78 is 29.6. The van der Waals surface area contributed by atoms with Crippen LogP contribution in [0.5, 0.6) is 11.5 Å². The summed E-state index contributed by atoms with van der Waals surface area (Å²) in [4.78, 5) is 40.4. The van der Waals surface area contributed by atoms with Crippen LogP contribution in [-0.2, 0) is 34.9 Å². The summed E-state index contributed by atoms with van der Waals surface area (Å²) in [5, 5.41) is 50.8. The van der Waals surface area contributed by atoms with Gasteiger partial charge in [0.25, 0.3) is 0 Å². The predicted molar refractivity (Wildman–Crippen MR) is 158 cm³/mol. The van der Waals surface area contributed by atoms with E-state index in [1.165, 1.54) is 13.2 Å². The predicted octanol–water partition coefficient (Wildman–Crippen LogP) is 0.302. The lowest BCUT2D eigenvalue weighted by atomic mass is 9.68. The number of nitrogens with one attached hydrogen (secondary N) is 2. The lowest BCUT2D eigenvalue weighted by molar-refractivity contribution is -0.261. The summed E-state index contributed by atoms with van der Waals surface area (Å²) in [6, 6.07) is 0. The molecule has 3 aliphatic carbocycles. The number of allylic oxidation sites excluding steroid dienone is 2. The number of methoxy groups -OCH3 is 2. The van der Waals surface area contributed by atoms with Gasteiger partial charge in [0, 0.05) is 63.3 Å². The van der Waals surface area contributed by atoms with Gasteiger partial charge in [0.15, 0.2) is 23.6 Å². The number of fused-ring (bicyclic) bond motifs is 3. The quantitative estimate of drug-likeness (QED) is 0.211. The molecule has 0 bridgehead atoms. The number of carbonyl (C=O) groups is 3. The summed E-state index contributed by atoms with van der Waals surface area (Å²) in [5.74, 6) is -4.51. The average Bonchev–Trinajstić information content (AvgIpc) is 3.05. The number of hydrogen-bond acceptors (Lipinski definition) is 14. The van der Waals surface area contributed by atoms with Crippen LogP contribution in [0.4, 0.5) is 0 Å². The largest absolute Gasteiger partial charge is 0.507 e. The maximum atomic E-state index is 13.9. The van der Waals surface area contributed by atoms with Crippen LogP contribution in [0.1, 0.15) is 64.1 Å². The highest BCUT2D eigenvalue weighted by Gasteiger charge is 2.52. The second kappa shape index (κ2) is 12.9. The van der Waals surface area contributed by atoms with Crippen molar-refractivity contribution >= 4 is 17.3 Å². The van der Waals surface area contributed by atoms with Crippen LogP contribution in [-0.4, -0.2) is 114 Å². The minimum atomic E-state index is -2.20. The number of aromatic hydroxyl groups is 2. The summed E-state index contributed by atoms with van der Waals surface area (Å²) in [7, 11) is 2.99. The summed E-state index contributed by atoms with van der Waals surface area (Å²) in [6.07, 6.45) is 0.116. The minimum absolute atomic E-state index is 0.0318. The van der Waals surface area contributed by atoms with Gasteiger partial charge in [0.05, 0.1) is 41.5 Å². The van der Waals surface area contributed by atoms with Gasteiger partial charge in [-0.15, -0.1) is 0 Å². The molecule has 14 heteroatoms. The number of benzene rings is 1. The van der Waals surface area contributed by atoms with Crippen LogP contribution < -0.4 is 10.6 Å². The second-order valence-electron chi connectivity index (χ2n) is 12.3. The molecule has 0 amide bonds.